The lowest BCUT2D eigenvalue weighted by Gasteiger charge is -2.17. The number of nitro groups is 1. The van der Waals surface area contributed by atoms with Crippen molar-refractivity contribution in [3.63, 3.8) is 0 Å². The van der Waals surface area contributed by atoms with Crippen LogP contribution in [0.25, 0.3) is 0 Å². The summed E-state index contributed by atoms with van der Waals surface area (Å²) in [6.07, 6.45) is 4.43. The Balaban J connectivity index is 1.77. The predicted molar refractivity (Wildman–Crippen MR) is 104 cm³/mol. The second kappa shape index (κ2) is 8.31. The van der Waals surface area contributed by atoms with Crippen molar-refractivity contribution in [3.8, 4) is 0 Å². The van der Waals surface area contributed by atoms with E-state index in [0.717, 1.165) is 35.7 Å². The second-order valence-corrected chi connectivity index (χ2v) is 7.34. The zero-order valence-corrected chi connectivity index (χ0v) is 15.8. The zero-order chi connectivity index (χ0) is 18.5. The van der Waals surface area contributed by atoms with Crippen LogP contribution >= 0.6 is 15.9 Å². The molecule has 0 heterocycles. The molecule has 1 aliphatic carbocycles. The van der Waals surface area contributed by atoms with E-state index in [0.29, 0.717) is 23.8 Å². The Morgan fingerprint density at radius 1 is 1.15 bits per heavy atom. The summed E-state index contributed by atoms with van der Waals surface area (Å²) < 4.78 is 0.967. The average molecular weight is 418 g/mol. The number of hydrogen-bond donors (Lipinski definition) is 2. The van der Waals surface area contributed by atoms with Crippen LogP contribution in [-0.2, 0) is 6.54 Å². The van der Waals surface area contributed by atoms with Gasteiger partial charge in [0.15, 0.2) is 0 Å². The highest BCUT2D eigenvalue weighted by atomic mass is 79.9. The minimum Gasteiger partial charge on any atom is -0.382 e. The number of anilines is 1. The number of nitrogens with zero attached hydrogens (tertiary/aromatic N) is 1. The minimum atomic E-state index is -0.481. The molecule has 1 saturated carbocycles. The zero-order valence-electron chi connectivity index (χ0n) is 14.2. The summed E-state index contributed by atoms with van der Waals surface area (Å²) >= 11 is 3.38. The summed E-state index contributed by atoms with van der Waals surface area (Å²) in [6, 6.07) is 12.4. The van der Waals surface area contributed by atoms with E-state index >= 15 is 0 Å². The highest BCUT2D eigenvalue weighted by Gasteiger charge is 2.20. The summed E-state index contributed by atoms with van der Waals surface area (Å²) in [6.45, 7) is 0.359. The summed E-state index contributed by atoms with van der Waals surface area (Å²) in [4.78, 5) is 23.3. The number of amides is 1. The summed E-state index contributed by atoms with van der Waals surface area (Å²) in [5, 5.41) is 17.3. The van der Waals surface area contributed by atoms with E-state index in [2.05, 4.69) is 26.6 Å². The van der Waals surface area contributed by atoms with Gasteiger partial charge in [-0.1, -0.05) is 40.9 Å². The molecule has 0 atom stereocenters. The standard InChI is InChI=1S/C19H20BrN3O3/c20-14-7-5-13(6-8-14)12-21-19(24)17-11-16(23(25)26)9-10-18(17)22-15-3-1-2-4-15/h5-11,15,22H,1-4,12H2,(H,21,24). The highest BCUT2D eigenvalue weighted by Crippen LogP contribution is 2.27. The van der Waals surface area contributed by atoms with E-state index in [1.54, 1.807) is 6.07 Å². The Kier molecular flexibility index (Phi) is 5.88. The van der Waals surface area contributed by atoms with E-state index < -0.39 is 4.92 Å². The van der Waals surface area contributed by atoms with Crippen molar-refractivity contribution in [2.45, 2.75) is 38.3 Å². The number of rotatable bonds is 6. The van der Waals surface area contributed by atoms with E-state index in [1.165, 1.54) is 12.1 Å². The van der Waals surface area contributed by atoms with Crippen LogP contribution in [0.1, 0.15) is 41.6 Å². The molecule has 0 bridgehead atoms. The molecule has 0 unspecified atom stereocenters. The van der Waals surface area contributed by atoms with Crippen LogP contribution in [-0.4, -0.2) is 16.9 Å². The van der Waals surface area contributed by atoms with Gasteiger partial charge < -0.3 is 10.6 Å². The normalized spacial score (nSPS) is 14.2. The smallest absolute Gasteiger partial charge is 0.270 e. The molecule has 0 saturated heterocycles. The molecule has 1 amide bonds. The van der Waals surface area contributed by atoms with Gasteiger partial charge in [-0.05, 0) is 36.6 Å². The maximum atomic E-state index is 12.7. The van der Waals surface area contributed by atoms with Gasteiger partial charge in [0.05, 0.1) is 10.5 Å². The van der Waals surface area contributed by atoms with Crippen molar-refractivity contribution < 1.29 is 9.72 Å². The van der Waals surface area contributed by atoms with Gasteiger partial charge in [0.25, 0.3) is 11.6 Å². The number of nitrogens with one attached hydrogen (secondary N) is 2. The third-order valence-electron chi connectivity index (χ3n) is 4.54. The molecule has 3 rings (SSSR count). The molecule has 1 aliphatic rings. The molecule has 6 nitrogen and oxygen atoms in total. The van der Waals surface area contributed by atoms with Gasteiger partial charge >= 0.3 is 0 Å². The third-order valence-corrected chi connectivity index (χ3v) is 5.07. The number of non-ortho nitro benzene ring substituents is 1. The highest BCUT2D eigenvalue weighted by molar-refractivity contribution is 9.10. The van der Waals surface area contributed by atoms with Gasteiger partial charge in [-0.25, -0.2) is 0 Å². The fraction of sp³-hybridized carbons (Fsp3) is 0.316. The number of halogens is 1. The first kappa shape index (κ1) is 18.4. The summed E-state index contributed by atoms with van der Waals surface area (Å²) in [7, 11) is 0. The maximum absolute atomic E-state index is 12.7. The lowest BCUT2D eigenvalue weighted by Crippen LogP contribution is -2.25. The van der Waals surface area contributed by atoms with E-state index in [4.69, 9.17) is 0 Å². The van der Waals surface area contributed by atoms with Crippen LogP contribution in [0.2, 0.25) is 0 Å². The van der Waals surface area contributed by atoms with Crippen molar-refractivity contribution in [1.29, 1.82) is 0 Å². The number of carbonyl (C=O) groups is 1. The first-order chi connectivity index (χ1) is 12.5. The molecular weight excluding hydrogens is 398 g/mol. The number of benzene rings is 2. The molecule has 2 N–H and O–H groups in total. The molecule has 26 heavy (non-hydrogen) atoms. The molecule has 2 aromatic rings. The van der Waals surface area contributed by atoms with Gasteiger partial charge in [-0.15, -0.1) is 0 Å². The van der Waals surface area contributed by atoms with Crippen LogP contribution in [0.4, 0.5) is 11.4 Å². The first-order valence-electron chi connectivity index (χ1n) is 8.60. The molecule has 0 spiro atoms. The Morgan fingerprint density at radius 2 is 1.85 bits per heavy atom. The van der Waals surface area contributed by atoms with Crippen LogP contribution in [0.5, 0.6) is 0 Å². The van der Waals surface area contributed by atoms with Crippen molar-refractivity contribution in [2.24, 2.45) is 0 Å². The van der Waals surface area contributed by atoms with Crippen LogP contribution < -0.4 is 10.6 Å². The monoisotopic (exact) mass is 417 g/mol. The molecule has 1 fully saturated rings. The minimum absolute atomic E-state index is 0.0873. The summed E-state index contributed by atoms with van der Waals surface area (Å²) in [5.74, 6) is -0.322. The fourth-order valence-corrected chi connectivity index (χ4v) is 3.39. The number of hydrogen-bond acceptors (Lipinski definition) is 4. The quantitative estimate of drug-likeness (QED) is 0.529. The SMILES string of the molecule is O=C(NCc1ccc(Br)cc1)c1cc([N+](=O)[O-])ccc1NC1CCCC1. The maximum Gasteiger partial charge on any atom is 0.270 e. The molecular formula is C19H20BrN3O3. The van der Waals surface area contributed by atoms with Crippen LogP contribution in [0, 0.1) is 10.1 Å². The van der Waals surface area contributed by atoms with Crippen molar-refractivity contribution in [3.05, 3.63) is 68.2 Å². The lowest BCUT2D eigenvalue weighted by atomic mass is 10.1. The number of nitro benzene ring substituents is 1. The Hall–Kier alpha value is -2.41. The molecule has 2 aromatic carbocycles. The van der Waals surface area contributed by atoms with Crippen molar-refractivity contribution in [2.75, 3.05) is 5.32 Å². The van der Waals surface area contributed by atoms with Crippen LogP contribution in [0.3, 0.4) is 0 Å². The average Bonchev–Trinajstić information content (AvgIpc) is 3.14. The molecule has 0 aromatic heterocycles. The largest absolute Gasteiger partial charge is 0.382 e. The van der Waals surface area contributed by atoms with Gasteiger partial charge in [0.1, 0.15) is 0 Å². The molecule has 7 heteroatoms. The first-order valence-corrected chi connectivity index (χ1v) is 9.40. The molecule has 0 radical (unpaired) electrons. The predicted octanol–water partition coefficient (Wildman–Crippen LogP) is 4.64. The Bertz CT molecular complexity index is 802. The van der Waals surface area contributed by atoms with Crippen molar-refractivity contribution >= 4 is 33.2 Å². The molecule has 136 valence electrons. The van der Waals surface area contributed by atoms with Gasteiger partial charge in [0, 0.05) is 34.9 Å². The summed E-state index contributed by atoms with van der Waals surface area (Å²) in [5.41, 5.74) is 1.83. The van der Waals surface area contributed by atoms with Crippen molar-refractivity contribution in [1.82, 2.24) is 5.32 Å². The van der Waals surface area contributed by atoms with Gasteiger partial charge in [0.2, 0.25) is 0 Å². The van der Waals surface area contributed by atoms with E-state index in [1.807, 2.05) is 24.3 Å². The lowest BCUT2D eigenvalue weighted by molar-refractivity contribution is -0.384. The second-order valence-electron chi connectivity index (χ2n) is 6.42. The third kappa shape index (κ3) is 4.60. The van der Waals surface area contributed by atoms with Gasteiger partial charge in [-0.2, -0.15) is 0 Å². The topological polar surface area (TPSA) is 84.3 Å². The van der Waals surface area contributed by atoms with E-state index in [-0.39, 0.29) is 11.6 Å². The van der Waals surface area contributed by atoms with E-state index in [9.17, 15) is 14.9 Å². The molecule has 0 aliphatic heterocycles. The number of carbonyl (C=O) groups excluding carboxylic acids is 1. The fourth-order valence-electron chi connectivity index (χ4n) is 3.13. The Labute approximate surface area is 160 Å². The Morgan fingerprint density at radius 3 is 2.50 bits per heavy atom. The van der Waals surface area contributed by atoms with Crippen LogP contribution in [0.15, 0.2) is 46.9 Å². The van der Waals surface area contributed by atoms with Gasteiger partial charge in [-0.3, -0.25) is 14.9 Å².